The third-order valence-electron chi connectivity index (χ3n) is 3.88. The molecule has 1 atom stereocenters. The minimum absolute atomic E-state index is 0.608. The molecule has 0 radical (unpaired) electrons. The molecule has 5 heteroatoms. The molecule has 1 heterocycles. The first-order chi connectivity index (χ1) is 9.02. The van der Waals surface area contributed by atoms with Crippen LogP contribution in [0.3, 0.4) is 0 Å². The van der Waals surface area contributed by atoms with Crippen LogP contribution in [-0.4, -0.2) is 37.1 Å². The van der Waals surface area contributed by atoms with Crippen LogP contribution in [0.25, 0.3) is 0 Å². The number of benzene rings is 1. The first-order valence-corrected chi connectivity index (χ1v) is 7.52. The Morgan fingerprint density at radius 1 is 1.16 bits per heavy atom. The van der Waals surface area contributed by atoms with Crippen molar-refractivity contribution in [2.45, 2.75) is 26.3 Å². The SMILES string of the molecule is CCC(C)N1CCN(c2c(Cl)cc(N)cc2Cl)CC1. The fraction of sp³-hybridized carbons (Fsp3) is 0.571. The summed E-state index contributed by atoms with van der Waals surface area (Å²) in [6.07, 6.45) is 1.18. The van der Waals surface area contributed by atoms with Crippen LogP contribution in [0.4, 0.5) is 11.4 Å². The lowest BCUT2D eigenvalue weighted by molar-refractivity contribution is 0.193. The fourth-order valence-corrected chi connectivity index (χ4v) is 3.27. The van der Waals surface area contributed by atoms with E-state index in [9.17, 15) is 0 Å². The second-order valence-electron chi connectivity index (χ2n) is 5.11. The average Bonchev–Trinajstić information content (AvgIpc) is 2.37. The highest BCUT2D eigenvalue weighted by Gasteiger charge is 2.23. The maximum Gasteiger partial charge on any atom is 0.0747 e. The maximum atomic E-state index is 6.27. The van der Waals surface area contributed by atoms with E-state index in [1.807, 2.05) is 0 Å². The molecule has 1 aliphatic heterocycles. The second-order valence-corrected chi connectivity index (χ2v) is 5.93. The standard InChI is InChI=1S/C14H21Cl2N3/c1-3-10(2)18-4-6-19(7-5-18)14-12(15)8-11(17)9-13(14)16/h8-10H,3-7,17H2,1-2H3. The maximum absolute atomic E-state index is 6.27. The summed E-state index contributed by atoms with van der Waals surface area (Å²) in [7, 11) is 0. The Morgan fingerprint density at radius 3 is 2.16 bits per heavy atom. The monoisotopic (exact) mass is 301 g/mol. The van der Waals surface area contributed by atoms with Gasteiger partial charge in [-0.15, -0.1) is 0 Å². The van der Waals surface area contributed by atoms with Crippen LogP contribution in [0.15, 0.2) is 12.1 Å². The summed E-state index contributed by atoms with van der Waals surface area (Å²) >= 11 is 12.5. The molecule has 0 spiro atoms. The summed E-state index contributed by atoms with van der Waals surface area (Å²) in [6, 6.07) is 4.17. The van der Waals surface area contributed by atoms with Crippen LogP contribution in [0.2, 0.25) is 10.0 Å². The molecule has 19 heavy (non-hydrogen) atoms. The van der Waals surface area contributed by atoms with Crippen molar-refractivity contribution in [1.82, 2.24) is 4.90 Å². The molecule has 2 N–H and O–H groups in total. The molecule has 0 saturated carbocycles. The largest absolute Gasteiger partial charge is 0.399 e. The lowest BCUT2D eigenvalue weighted by atomic mass is 10.1. The summed E-state index contributed by atoms with van der Waals surface area (Å²) in [4.78, 5) is 4.76. The number of nitrogens with zero attached hydrogens (tertiary/aromatic N) is 2. The van der Waals surface area contributed by atoms with Crippen molar-refractivity contribution in [3.05, 3.63) is 22.2 Å². The van der Waals surface area contributed by atoms with Gasteiger partial charge in [-0.25, -0.2) is 0 Å². The zero-order valence-electron chi connectivity index (χ0n) is 11.5. The number of rotatable bonds is 3. The van der Waals surface area contributed by atoms with Gasteiger partial charge in [0.05, 0.1) is 15.7 Å². The van der Waals surface area contributed by atoms with Gasteiger partial charge in [0, 0.05) is 37.9 Å². The van der Waals surface area contributed by atoms with E-state index in [1.54, 1.807) is 12.1 Å². The van der Waals surface area contributed by atoms with E-state index in [1.165, 1.54) is 6.42 Å². The topological polar surface area (TPSA) is 32.5 Å². The first-order valence-electron chi connectivity index (χ1n) is 6.76. The van der Waals surface area contributed by atoms with Crippen LogP contribution >= 0.6 is 23.2 Å². The predicted octanol–water partition coefficient (Wildman–Crippen LogP) is 3.50. The summed E-state index contributed by atoms with van der Waals surface area (Å²) in [5.74, 6) is 0. The van der Waals surface area contributed by atoms with Crippen LogP contribution in [0.5, 0.6) is 0 Å². The minimum Gasteiger partial charge on any atom is -0.399 e. The molecule has 1 fully saturated rings. The molecule has 0 aliphatic carbocycles. The molecule has 1 aliphatic rings. The van der Waals surface area contributed by atoms with Gasteiger partial charge < -0.3 is 10.6 Å². The molecule has 106 valence electrons. The molecule has 1 saturated heterocycles. The Morgan fingerprint density at radius 2 is 1.68 bits per heavy atom. The highest BCUT2D eigenvalue weighted by molar-refractivity contribution is 6.39. The summed E-state index contributed by atoms with van der Waals surface area (Å²) < 4.78 is 0. The van der Waals surface area contributed by atoms with Gasteiger partial charge in [0.15, 0.2) is 0 Å². The quantitative estimate of drug-likeness (QED) is 0.867. The van der Waals surface area contributed by atoms with Gasteiger partial charge in [-0.05, 0) is 25.5 Å². The van der Waals surface area contributed by atoms with Crippen LogP contribution in [0.1, 0.15) is 20.3 Å². The third-order valence-corrected chi connectivity index (χ3v) is 4.46. The summed E-state index contributed by atoms with van der Waals surface area (Å²) in [6.45, 7) is 8.50. The lowest BCUT2D eigenvalue weighted by Gasteiger charge is -2.39. The Bertz CT molecular complexity index is 419. The lowest BCUT2D eigenvalue weighted by Crippen LogP contribution is -2.49. The normalized spacial score (nSPS) is 18.6. The molecular formula is C14H21Cl2N3. The van der Waals surface area contributed by atoms with E-state index in [2.05, 4.69) is 23.6 Å². The molecule has 0 amide bonds. The minimum atomic E-state index is 0.608. The molecule has 0 bridgehead atoms. The number of nitrogens with two attached hydrogens (primary N) is 1. The molecule has 1 unspecified atom stereocenters. The average molecular weight is 302 g/mol. The van der Waals surface area contributed by atoms with Gasteiger partial charge in [-0.3, -0.25) is 4.90 Å². The summed E-state index contributed by atoms with van der Waals surface area (Å²) in [5.41, 5.74) is 7.27. The molecule has 3 nitrogen and oxygen atoms in total. The van der Waals surface area contributed by atoms with E-state index in [0.29, 0.717) is 21.8 Å². The number of piperazine rings is 1. The van der Waals surface area contributed by atoms with E-state index in [4.69, 9.17) is 28.9 Å². The van der Waals surface area contributed by atoms with Crippen molar-refractivity contribution in [3.8, 4) is 0 Å². The van der Waals surface area contributed by atoms with E-state index in [0.717, 1.165) is 31.9 Å². The molecule has 1 aromatic carbocycles. The van der Waals surface area contributed by atoms with E-state index in [-0.39, 0.29) is 0 Å². The fourth-order valence-electron chi connectivity index (χ4n) is 2.53. The number of hydrogen-bond acceptors (Lipinski definition) is 3. The predicted molar refractivity (Wildman–Crippen MR) is 84.4 cm³/mol. The van der Waals surface area contributed by atoms with Crippen molar-refractivity contribution in [3.63, 3.8) is 0 Å². The van der Waals surface area contributed by atoms with Crippen molar-refractivity contribution in [2.75, 3.05) is 36.8 Å². The molecule has 1 aromatic rings. The Labute approximate surface area is 125 Å². The molecule has 2 rings (SSSR count). The number of hydrogen-bond donors (Lipinski definition) is 1. The van der Waals surface area contributed by atoms with Crippen molar-refractivity contribution >= 4 is 34.6 Å². The molecule has 0 aromatic heterocycles. The van der Waals surface area contributed by atoms with Gasteiger partial charge in [0.2, 0.25) is 0 Å². The van der Waals surface area contributed by atoms with Gasteiger partial charge in [0.1, 0.15) is 0 Å². The van der Waals surface area contributed by atoms with Gasteiger partial charge in [0.25, 0.3) is 0 Å². The van der Waals surface area contributed by atoms with E-state index < -0.39 is 0 Å². The Hall–Kier alpha value is -0.640. The Kier molecular flexibility index (Phi) is 4.82. The highest BCUT2D eigenvalue weighted by atomic mass is 35.5. The molecular weight excluding hydrogens is 281 g/mol. The number of nitrogen functional groups attached to an aromatic ring is 1. The van der Waals surface area contributed by atoms with Gasteiger partial charge >= 0.3 is 0 Å². The van der Waals surface area contributed by atoms with Gasteiger partial charge in [-0.1, -0.05) is 30.1 Å². The summed E-state index contributed by atoms with van der Waals surface area (Å²) in [5, 5.41) is 1.28. The third kappa shape index (κ3) is 3.28. The van der Waals surface area contributed by atoms with Crippen molar-refractivity contribution in [2.24, 2.45) is 0 Å². The van der Waals surface area contributed by atoms with Gasteiger partial charge in [-0.2, -0.15) is 0 Å². The van der Waals surface area contributed by atoms with Crippen molar-refractivity contribution in [1.29, 1.82) is 0 Å². The zero-order valence-corrected chi connectivity index (χ0v) is 13.0. The first kappa shape index (κ1) is 14.8. The number of halogens is 2. The second kappa shape index (κ2) is 6.21. The Balaban J connectivity index is 2.10. The smallest absolute Gasteiger partial charge is 0.0747 e. The van der Waals surface area contributed by atoms with E-state index >= 15 is 0 Å². The number of anilines is 2. The zero-order chi connectivity index (χ0) is 14.0. The van der Waals surface area contributed by atoms with Crippen LogP contribution in [0, 0.1) is 0 Å². The van der Waals surface area contributed by atoms with Crippen molar-refractivity contribution < 1.29 is 0 Å². The van der Waals surface area contributed by atoms with Crippen LogP contribution in [-0.2, 0) is 0 Å². The van der Waals surface area contributed by atoms with Crippen LogP contribution < -0.4 is 10.6 Å². The highest BCUT2D eigenvalue weighted by Crippen LogP contribution is 2.36.